The summed E-state index contributed by atoms with van der Waals surface area (Å²) in [6.07, 6.45) is 4.20. The molecule has 1 aliphatic heterocycles. The van der Waals surface area contributed by atoms with Crippen LogP contribution in [-0.4, -0.2) is 22.3 Å². The predicted molar refractivity (Wildman–Crippen MR) is 103 cm³/mol. The molecule has 7 heteroatoms. The van der Waals surface area contributed by atoms with Crippen molar-refractivity contribution in [1.29, 1.82) is 0 Å². The first-order chi connectivity index (χ1) is 12.5. The number of aromatic nitrogens is 2. The van der Waals surface area contributed by atoms with Crippen molar-refractivity contribution in [1.82, 2.24) is 15.1 Å². The zero-order valence-electron chi connectivity index (χ0n) is 14.7. The summed E-state index contributed by atoms with van der Waals surface area (Å²) >= 11 is 7.80. The Bertz CT molecular complexity index is 965. The molecule has 4 rings (SSSR count). The third-order valence-corrected chi connectivity index (χ3v) is 6.41. The summed E-state index contributed by atoms with van der Waals surface area (Å²) in [5.41, 5.74) is 2.14. The van der Waals surface area contributed by atoms with Gasteiger partial charge in [0.25, 0.3) is 0 Å². The number of ether oxygens (including phenoxy) is 1. The van der Waals surface area contributed by atoms with Crippen molar-refractivity contribution < 1.29 is 9.53 Å². The van der Waals surface area contributed by atoms with Crippen LogP contribution in [0, 0.1) is 12.8 Å². The minimum atomic E-state index is -0.217. The Balaban J connectivity index is 1.47. The minimum absolute atomic E-state index is 0.0336. The quantitative estimate of drug-likeness (QED) is 0.734. The van der Waals surface area contributed by atoms with Crippen molar-refractivity contribution in [2.24, 2.45) is 13.0 Å². The van der Waals surface area contributed by atoms with E-state index in [9.17, 15) is 4.79 Å². The lowest BCUT2D eigenvalue weighted by Gasteiger charge is -2.16. The molecule has 2 aromatic heterocycles. The average molecular weight is 390 g/mol. The number of benzene rings is 1. The van der Waals surface area contributed by atoms with E-state index in [1.807, 2.05) is 31.4 Å². The van der Waals surface area contributed by atoms with E-state index in [0.717, 1.165) is 27.3 Å². The number of aryl methyl sites for hydroxylation is 2. The normalized spacial score (nSPS) is 20.0. The summed E-state index contributed by atoms with van der Waals surface area (Å²) < 4.78 is 8.72. The zero-order valence-corrected chi connectivity index (χ0v) is 16.2. The van der Waals surface area contributed by atoms with E-state index in [4.69, 9.17) is 16.3 Å². The van der Waals surface area contributed by atoms with Gasteiger partial charge in [-0.15, -0.1) is 11.3 Å². The van der Waals surface area contributed by atoms with Gasteiger partial charge in [0, 0.05) is 40.0 Å². The molecule has 136 valence electrons. The summed E-state index contributed by atoms with van der Waals surface area (Å²) in [6, 6.07) is 5.91. The molecule has 1 amide bonds. The smallest absolute Gasteiger partial charge is 0.226 e. The number of rotatable bonds is 4. The highest BCUT2D eigenvalue weighted by Crippen LogP contribution is 2.35. The second-order valence-electron chi connectivity index (χ2n) is 6.64. The number of fused-ring (bicyclic) bond motifs is 1. The summed E-state index contributed by atoms with van der Waals surface area (Å²) in [5.74, 6) is -0.144. The highest BCUT2D eigenvalue weighted by atomic mass is 35.5. The van der Waals surface area contributed by atoms with Crippen molar-refractivity contribution in [2.45, 2.75) is 26.0 Å². The molecule has 1 fully saturated rings. The van der Waals surface area contributed by atoms with Gasteiger partial charge in [0.1, 0.15) is 0 Å². The zero-order chi connectivity index (χ0) is 18.3. The molecule has 26 heavy (non-hydrogen) atoms. The molecule has 0 bridgehead atoms. The standard InChI is InChI=1S/C19H20ClN3O2S/c1-11-15-7-13(20)3-4-16(15)26-17(11)9-21-19(24)14-5-6-25-18(14)12-8-22-23(2)10-12/h3-4,7-8,10,14,18H,5-6,9H2,1-2H3,(H,21,24)/t14-,18+/m0/s1. The fraction of sp³-hybridized carbons (Fsp3) is 0.368. The van der Waals surface area contributed by atoms with Crippen LogP contribution in [0.2, 0.25) is 5.02 Å². The van der Waals surface area contributed by atoms with Crippen LogP contribution in [0.3, 0.4) is 0 Å². The Morgan fingerprint density at radius 2 is 2.35 bits per heavy atom. The van der Waals surface area contributed by atoms with Crippen LogP contribution >= 0.6 is 22.9 Å². The molecule has 3 heterocycles. The van der Waals surface area contributed by atoms with Crippen LogP contribution < -0.4 is 5.32 Å². The van der Waals surface area contributed by atoms with Gasteiger partial charge in [-0.3, -0.25) is 9.48 Å². The van der Waals surface area contributed by atoms with E-state index in [2.05, 4.69) is 17.3 Å². The molecule has 0 aliphatic carbocycles. The van der Waals surface area contributed by atoms with Crippen molar-refractivity contribution in [3.8, 4) is 0 Å². The molecular weight excluding hydrogens is 370 g/mol. The van der Waals surface area contributed by atoms with Gasteiger partial charge in [-0.1, -0.05) is 11.6 Å². The van der Waals surface area contributed by atoms with Crippen LogP contribution in [0.15, 0.2) is 30.6 Å². The van der Waals surface area contributed by atoms with E-state index in [1.165, 1.54) is 10.3 Å². The minimum Gasteiger partial charge on any atom is -0.373 e. The molecule has 1 aliphatic rings. The largest absolute Gasteiger partial charge is 0.373 e. The highest BCUT2D eigenvalue weighted by molar-refractivity contribution is 7.19. The number of thiophene rings is 1. The monoisotopic (exact) mass is 389 g/mol. The lowest BCUT2D eigenvalue weighted by Crippen LogP contribution is -2.31. The number of carbonyl (C=O) groups is 1. The fourth-order valence-corrected chi connectivity index (χ4v) is 4.79. The maximum atomic E-state index is 12.8. The van der Waals surface area contributed by atoms with Gasteiger partial charge >= 0.3 is 0 Å². The van der Waals surface area contributed by atoms with Gasteiger partial charge < -0.3 is 10.1 Å². The van der Waals surface area contributed by atoms with Crippen molar-refractivity contribution in [2.75, 3.05) is 6.61 Å². The molecule has 0 unspecified atom stereocenters. The molecule has 1 aromatic carbocycles. The number of hydrogen-bond acceptors (Lipinski definition) is 4. The molecule has 5 nitrogen and oxygen atoms in total. The lowest BCUT2D eigenvalue weighted by molar-refractivity contribution is -0.126. The van der Waals surface area contributed by atoms with Gasteiger partial charge in [-0.2, -0.15) is 5.10 Å². The number of nitrogens with zero attached hydrogens (tertiary/aromatic N) is 2. The topological polar surface area (TPSA) is 56.1 Å². The number of amides is 1. The van der Waals surface area contributed by atoms with Crippen LogP contribution in [0.25, 0.3) is 10.1 Å². The molecule has 2 atom stereocenters. The number of hydrogen-bond donors (Lipinski definition) is 1. The van der Waals surface area contributed by atoms with Crippen LogP contribution in [0.4, 0.5) is 0 Å². The second kappa shape index (κ2) is 7.02. The molecule has 0 spiro atoms. The number of carbonyl (C=O) groups excluding carboxylic acids is 1. The molecule has 1 N–H and O–H groups in total. The fourth-order valence-electron chi connectivity index (χ4n) is 3.48. The first-order valence-corrected chi connectivity index (χ1v) is 9.78. The molecule has 0 saturated carbocycles. The summed E-state index contributed by atoms with van der Waals surface area (Å²) in [4.78, 5) is 13.9. The summed E-state index contributed by atoms with van der Waals surface area (Å²) in [7, 11) is 1.87. The Labute approximate surface area is 160 Å². The van der Waals surface area contributed by atoms with Crippen molar-refractivity contribution >= 4 is 38.9 Å². The second-order valence-corrected chi connectivity index (χ2v) is 8.22. The molecule has 1 saturated heterocycles. The summed E-state index contributed by atoms with van der Waals surface area (Å²) in [5, 5.41) is 9.17. The average Bonchev–Trinajstić information content (AvgIpc) is 3.33. The van der Waals surface area contributed by atoms with E-state index < -0.39 is 0 Å². The third kappa shape index (κ3) is 3.24. The molecule has 0 radical (unpaired) electrons. The summed E-state index contributed by atoms with van der Waals surface area (Å²) in [6.45, 7) is 3.20. The Morgan fingerprint density at radius 1 is 1.50 bits per heavy atom. The van der Waals surface area contributed by atoms with Gasteiger partial charge in [-0.25, -0.2) is 0 Å². The SMILES string of the molecule is Cc1c(CNC(=O)[C@H]2CCO[C@@H]2c2cnn(C)c2)sc2ccc(Cl)cc12. The first-order valence-electron chi connectivity index (χ1n) is 8.58. The van der Waals surface area contributed by atoms with Gasteiger partial charge in [-0.05, 0) is 42.5 Å². The van der Waals surface area contributed by atoms with Crippen LogP contribution in [0.1, 0.15) is 28.5 Å². The Hall–Kier alpha value is -1.89. The predicted octanol–water partition coefficient (Wildman–Crippen LogP) is 3.99. The van der Waals surface area contributed by atoms with E-state index >= 15 is 0 Å². The van der Waals surface area contributed by atoms with Gasteiger partial charge in [0.15, 0.2) is 0 Å². The molecular formula is C19H20ClN3O2S. The maximum Gasteiger partial charge on any atom is 0.226 e. The highest BCUT2D eigenvalue weighted by Gasteiger charge is 2.35. The van der Waals surface area contributed by atoms with E-state index in [0.29, 0.717) is 13.2 Å². The van der Waals surface area contributed by atoms with Gasteiger partial charge in [0.05, 0.1) is 24.8 Å². The first kappa shape index (κ1) is 17.5. The Morgan fingerprint density at radius 3 is 3.12 bits per heavy atom. The van der Waals surface area contributed by atoms with Crippen LogP contribution in [0.5, 0.6) is 0 Å². The number of halogens is 1. The lowest BCUT2D eigenvalue weighted by atomic mass is 9.96. The van der Waals surface area contributed by atoms with Crippen molar-refractivity contribution in [3.05, 3.63) is 51.6 Å². The van der Waals surface area contributed by atoms with E-state index in [1.54, 1.807) is 22.2 Å². The molecule has 3 aromatic rings. The maximum absolute atomic E-state index is 12.8. The van der Waals surface area contributed by atoms with Gasteiger partial charge in [0.2, 0.25) is 5.91 Å². The number of nitrogens with one attached hydrogen (secondary N) is 1. The van der Waals surface area contributed by atoms with Crippen LogP contribution in [-0.2, 0) is 23.1 Å². The Kier molecular flexibility index (Phi) is 4.73. The third-order valence-electron chi connectivity index (χ3n) is 4.90. The van der Waals surface area contributed by atoms with E-state index in [-0.39, 0.29) is 17.9 Å². The van der Waals surface area contributed by atoms with Crippen molar-refractivity contribution in [3.63, 3.8) is 0 Å².